The second-order valence-corrected chi connectivity index (χ2v) is 8.56. The molecule has 1 aliphatic heterocycles. The lowest BCUT2D eigenvalue weighted by molar-refractivity contribution is 0.561. The van der Waals surface area contributed by atoms with Crippen LogP contribution in [-0.4, -0.2) is 37.5 Å². The summed E-state index contributed by atoms with van der Waals surface area (Å²) in [4.78, 5) is 11.3. The van der Waals surface area contributed by atoms with Crippen molar-refractivity contribution >= 4 is 15.8 Å². The lowest BCUT2D eigenvalue weighted by atomic mass is 10.2. The summed E-state index contributed by atoms with van der Waals surface area (Å²) in [7, 11) is -3.49. The minimum Gasteiger partial charge on any atom is -0.355 e. The third kappa shape index (κ3) is 3.26. The van der Waals surface area contributed by atoms with E-state index in [9.17, 15) is 8.42 Å². The molecule has 1 N–H and O–H groups in total. The molecule has 1 aliphatic carbocycles. The summed E-state index contributed by atoms with van der Waals surface area (Å²) in [6.07, 6.45) is 5.56. The largest absolute Gasteiger partial charge is 0.355 e. The third-order valence-corrected chi connectivity index (χ3v) is 6.53. The zero-order valence-electron chi connectivity index (χ0n) is 14.3. The predicted molar refractivity (Wildman–Crippen MR) is 96.2 cm³/mol. The van der Waals surface area contributed by atoms with Crippen molar-refractivity contribution in [2.75, 3.05) is 18.0 Å². The number of nitrogens with one attached hydrogen (secondary N) is 1. The van der Waals surface area contributed by atoms with Gasteiger partial charge in [-0.05, 0) is 44.7 Å². The molecule has 4 rings (SSSR count). The number of nitrogens with zero attached hydrogens (tertiary/aromatic N) is 3. The Kier molecular flexibility index (Phi) is 4.21. The third-order valence-electron chi connectivity index (χ3n) is 4.99. The van der Waals surface area contributed by atoms with E-state index in [1.54, 1.807) is 18.5 Å². The van der Waals surface area contributed by atoms with Crippen LogP contribution in [0.4, 0.5) is 5.82 Å². The van der Waals surface area contributed by atoms with Crippen molar-refractivity contribution < 1.29 is 8.42 Å². The average molecular weight is 358 g/mol. The number of rotatable bonds is 4. The number of hydrogen-bond acceptors (Lipinski definition) is 5. The van der Waals surface area contributed by atoms with Crippen molar-refractivity contribution in [2.45, 2.75) is 43.5 Å². The zero-order chi connectivity index (χ0) is 17.4. The van der Waals surface area contributed by atoms with E-state index in [1.807, 2.05) is 19.1 Å². The first-order valence-corrected chi connectivity index (χ1v) is 10.2. The van der Waals surface area contributed by atoms with Gasteiger partial charge in [-0.3, -0.25) is 0 Å². The number of hydrogen-bond donors (Lipinski definition) is 1. The molecule has 2 heterocycles. The van der Waals surface area contributed by atoms with Gasteiger partial charge in [-0.25, -0.2) is 23.1 Å². The van der Waals surface area contributed by atoms with E-state index < -0.39 is 10.0 Å². The summed E-state index contributed by atoms with van der Waals surface area (Å²) in [5.41, 5.74) is 3.43. The van der Waals surface area contributed by atoms with Crippen LogP contribution in [0.1, 0.15) is 29.7 Å². The number of aryl methyl sites for hydroxylation is 2. The van der Waals surface area contributed by atoms with Crippen LogP contribution in [0.2, 0.25) is 0 Å². The Morgan fingerprint density at radius 1 is 1.16 bits per heavy atom. The van der Waals surface area contributed by atoms with Crippen LogP contribution in [0.25, 0.3) is 0 Å². The molecular weight excluding hydrogens is 336 g/mol. The molecule has 2 aliphatic rings. The summed E-state index contributed by atoms with van der Waals surface area (Å²) < 4.78 is 28.0. The summed E-state index contributed by atoms with van der Waals surface area (Å²) in [5, 5.41) is 0. The minimum absolute atomic E-state index is 0.0988. The number of fused-ring (bicyclic) bond motifs is 1. The van der Waals surface area contributed by atoms with Crippen molar-refractivity contribution in [3.05, 3.63) is 47.4 Å². The van der Waals surface area contributed by atoms with Crippen LogP contribution >= 0.6 is 0 Å². The number of anilines is 1. The Morgan fingerprint density at radius 3 is 2.76 bits per heavy atom. The molecule has 25 heavy (non-hydrogen) atoms. The first-order valence-electron chi connectivity index (χ1n) is 8.69. The molecule has 1 aromatic carbocycles. The molecule has 6 nitrogen and oxygen atoms in total. The first kappa shape index (κ1) is 16.5. The van der Waals surface area contributed by atoms with Gasteiger partial charge in [0.2, 0.25) is 10.0 Å². The molecule has 0 bridgehead atoms. The van der Waals surface area contributed by atoms with E-state index in [2.05, 4.69) is 19.6 Å². The smallest absolute Gasteiger partial charge is 0.240 e. The van der Waals surface area contributed by atoms with E-state index in [0.717, 1.165) is 49.3 Å². The first-order chi connectivity index (χ1) is 12.0. The summed E-state index contributed by atoms with van der Waals surface area (Å²) in [6.45, 7) is 3.40. The van der Waals surface area contributed by atoms with Crippen LogP contribution in [0.15, 0.2) is 35.5 Å². The van der Waals surface area contributed by atoms with Gasteiger partial charge < -0.3 is 4.90 Å². The normalized spacial score (nSPS) is 20.0. The van der Waals surface area contributed by atoms with Gasteiger partial charge in [0.1, 0.15) is 12.1 Å². The lowest BCUT2D eigenvalue weighted by Crippen LogP contribution is -2.37. The van der Waals surface area contributed by atoms with Crippen LogP contribution in [0, 0.1) is 6.92 Å². The number of sulfonamides is 1. The molecular formula is C18H22N4O2S. The van der Waals surface area contributed by atoms with Crippen LogP contribution < -0.4 is 9.62 Å². The van der Waals surface area contributed by atoms with Gasteiger partial charge in [-0.15, -0.1) is 0 Å². The Labute approximate surface area is 148 Å². The van der Waals surface area contributed by atoms with Crippen molar-refractivity contribution in [3.63, 3.8) is 0 Å². The van der Waals surface area contributed by atoms with E-state index in [-0.39, 0.29) is 6.04 Å². The Morgan fingerprint density at radius 2 is 1.96 bits per heavy atom. The molecule has 1 fully saturated rings. The molecule has 0 radical (unpaired) electrons. The minimum atomic E-state index is -3.49. The van der Waals surface area contributed by atoms with Crippen molar-refractivity contribution in [3.8, 4) is 0 Å². The van der Waals surface area contributed by atoms with Gasteiger partial charge in [0.05, 0.1) is 4.90 Å². The molecule has 1 aromatic heterocycles. The maximum absolute atomic E-state index is 12.6. The van der Waals surface area contributed by atoms with Crippen molar-refractivity contribution in [1.82, 2.24) is 14.7 Å². The second kappa shape index (κ2) is 6.38. The summed E-state index contributed by atoms with van der Waals surface area (Å²) >= 11 is 0. The SMILES string of the molecule is Cc1ccc(S(=O)(=O)NC2CCN(c3ncnc4c3CCC4)C2)cc1. The van der Waals surface area contributed by atoms with Gasteiger partial charge in [0, 0.05) is 30.4 Å². The maximum atomic E-state index is 12.6. The monoisotopic (exact) mass is 358 g/mol. The molecule has 7 heteroatoms. The Balaban J connectivity index is 1.48. The van der Waals surface area contributed by atoms with Gasteiger partial charge in [-0.1, -0.05) is 17.7 Å². The fraction of sp³-hybridized carbons (Fsp3) is 0.444. The predicted octanol–water partition coefficient (Wildman–Crippen LogP) is 1.83. The van der Waals surface area contributed by atoms with Gasteiger partial charge in [0.25, 0.3) is 0 Å². The molecule has 0 amide bonds. The van der Waals surface area contributed by atoms with E-state index in [1.165, 1.54) is 5.56 Å². The van der Waals surface area contributed by atoms with E-state index in [0.29, 0.717) is 11.4 Å². The second-order valence-electron chi connectivity index (χ2n) is 6.84. The van der Waals surface area contributed by atoms with Gasteiger partial charge in [-0.2, -0.15) is 0 Å². The highest BCUT2D eigenvalue weighted by Crippen LogP contribution is 2.30. The zero-order valence-corrected chi connectivity index (χ0v) is 15.1. The fourth-order valence-electron chi connectivity index (χ4n) is 3.67. The number of benzene rings is 1. The van der Waals surface area contributed by atoms with Gasteiger partial charge >= 0.3 is 0 Å². The molecule has 1 saturated heterocycles. The van der Waals surface area contributed by atoms with E-state index in [4.69, 9.17) is 0 Å². The van der Waals surface area contributed by atoms with Crippen LogP contribution in [0.5, 0.6) is 0 Å². The van der Waals surface area contributed by atoms with E-state index >= 15 is 0 Å². The highest BCUT2D eigenvalue weighted by molar-refractivity contribution is 7.89. The Hall–Kier alpha value is -1.99. The maximum Gasteiger partial charge on any atom is 0.240 e. The molecule has 1 unspecified atom stereocenters. The highest BCUT2D eigenvalue weighted by atomic mass is 32.2. The quantitative estimate of drug-likeness (QED) is 0.902. The van der Waals surface area contributed by atoms with Crippen molar-refractivity contribution in [2.24, 2.45) is 0 Å². The number of aromatic nitrogens is 2. The highest BCUT2D eigenvalue weighted by Gasteiger charge is 2.30. The Bertz CT molecular complexity index is 880. The fourth-order valence-corrected chi connectivity index (χ4v) is 4.93. The van der Waals surface area contributed by atoms with Crippen molar-refractivity contribution in [1.29, 1.82) is 0 Å². The molecule has 2 aromatic rings. The summed E-state index contributed by atoms with van der Waals surface area (Å²) in [5.74, 6) is 0.986. The van der Waals surface area contributed by atoms with Crippen LogP contribution in [0.3, 0.4) is 0 Å². The molecule has 132 valence electrons. The molecule has 1 atom stereocenters. The van der Waals surface area contributed by atoms with Crippen LogP contribution in [-0.2, 0) is 22.9 Å². The lowest BCUT2D eigenvalue weighted by Gasteiger charge is -2.20. The average Bonchev–Trinajstić information content (AvgIpc) is 3.23. The molecule has 0 saturated carbocycles. The van der Waals surface area contributed by atoms with Gasteiger partial charge in [0.15, 0.2) is 0 Å². The topological polar surface area (TPSA) is 75.2 Å². The standard InChI is InChI=1S/C18H22N4O2S/c1-13-5-7-15(8-6-13)25(23,24)21-14-9-10-22(11-14)18-16-3-2-4-17(16)19-12-20-18/h5-8,12,14,21H,2-4,9-11H2,1H3. The molecule has 0 spiro atoms. The summed E-state index contributed by atoms with van der Waals surface area (Å²) in [6, 6.07) is 6.85.